The van der Waals surface area contributed by atoms with E-state index in [4.69, 9.17) is 18.9 Å². The van der Waals surface area contributed by atoms with Crippen molar-refractivity contribution in [3.63, 3.8) is 0 Å². The molecule has 1 heterocycles. The number of methoxy groups -OCH3 is 3. The Balaban J connectivity index is 2.16. The van der Waals surface area contributed by atoms with Crippen LogP contribution in [0.3, 0.4) is 0 Å². The molecule has 1 atom stereocenters. The molecule has 0 radical (unpaired) electrons. The molecule has 3 rings (SSSR count). The second kappa shape index (κ2) is 11.8. The van der Waals surface area contributed by atoms with Crippen molar-refractivity contribution in [2.75, 3.05) is 41.1 Å². The third kappa shape index (κ3) is 5.59. The summed E-state index contributed by atoms with van der Waals surface area (Å²) in [6.07, 6.45) is 0.519. The van der Waals surface area contributed by atoms with Gasteiger partial charge in [0, 0.05) is 31.4 Å². The first-order valence-electron chi connectivity index (χ1n) is 11.6. The Morgan fingerprint density at radius 1 is 1.06 bits per heavy atom. The number of carbonyl (C=O) groups is 2. The molecule has 8 heteroatoms. The van der Waals surface area contributed by atoms with Gasteiger partial charge in [-0.1, -0.05) is 38.1 Å². The topological polar surface area (TPSA) is 94.5 Å². The molecule has 0 saturated carbocycles. The van der Waals surface area contributed by atoms with Crippen LogP contribution in [0.4, 0.5) is 0 Å². The molecule has 0 aliphatic carbocycles. The smallest absolute Gasteiger partial charge is 0.295 e. The summed E-state index contributed by atoms with van der Waals surface area (Å²) >= 11 is 0. The Morgan fingerprint density at radius 3 is 2.46 bits per heavy atom. The molecule has 1 aliphatic heterocycles. The van der Waals surface area contributed by atoms with E-state index in [-0.39, 0.29) is 17.9 Å². The van der Waals surface area contributed by atoms with Crippen LogP contribution in [0, 0.1) is 5.92 Å². The van der Waals surface area contributed by atoms with Gasteiger partial charge in [-0.2, -0.15) is 0 Å². The molecule has 188 valence electrons. The van der Waals surface area contributed by atoms with Gasteiger partial charge in [-0.05, 0) is 30.5 Å². The molecular weight excluding hydrogens is 450 g/mol. The number of ether oxygens (including phenoxy) is 4. The third-order valence-corrected chi connectivity index (χ3v) is 5.71. The van der Waals surface area contributed by atoms with Crippen LogP contribution in [0.25, 0.3) is 5.76 Å². The number of Topliss-reactive ketones (excluding diaryl/α,β-unsaturated/α-hetero) is 1. The van der Waals surface area contributed by atoms with E-state index < -0.39 is 17.7 Å². The lowest BCUT2D eigenvalue weighted by atomic mass is 9.94. The van der Waals surface area contributed by atoms with Gasteiger partial charge in [-0.3, -0.25) is 9.59 Å². The van der Waals surface area contributed by atoms with Crippen LogP contribution in [0.5, 0.6) is 17.2 Å². The van der Waals surface area contributed by atoms with Crippen LogP contribution < -0.4 is 14.2 Å². The summed E-state index contributed by atoms with van der Waals surface area (Å²) in [4.78, 5) is 27.8. The molecule has 1 aliphatic rings. The maximum atomic E-state index is 13.3. The summed E-state index contributed by atoms with van der Waals surface area (Å²) in [6.45, 7) is 5.26. The lowest BCUT2D eigenvalue weighted by Gasteiger charge is -2.27. The summed E-state index contributed by atoms with van der Waals surface area (Å²) < 4.78 is 22.0. The number of hydrogen-bond donors (Lipinski definition) is 1. The van der Waals surface area contributed by atoms with Gasteiger partial charge in [-0.15, -0.1) is 0 Å². The first kappa shape index (κ1) is 26.1. The van der Waals surface area contributed by atoms with Crippen molar-refractivity contribution >= 4 is 17.4 Å². The maximum Gasteiger partial charge on any atom is 0.295 e. The van der Waals surface area contributed by atoms with Crippen molar-refractivity contribution in [3.8, 4) is 17.2 Å². The van der Waals surface area contributed by atoms with E-state index in [2.05, 4.69) is 0 Å². The minimum atomic E-state index is -0.864. The Kier molecular flexibility index (Phi) is 8.76. The van der Waals surface area contributed by atoms with E-state index in [9.17, 15) is 14.7 Å². The first-order chi connectivity index (χ1) is 16.8. The lowest BCUT2D eigenvalue weighted by molar-refractivity contribution is -0.140. The number of ketones is 1. The van der Waals surface area contributed by atoms with Crippen molar-refractivity contribution < 1.29 is 33.6 Å². The highest BCUT2D eigenvalue weighted by Crippen LogP contribution is 2.45. The Labute approximate surface area is 206 Å². The number of carbonyl (C=O) groups excluding carboxylic acids is 2. The molecule has 1 unspecified atom stereocenters. The number of benzene rings is 2. The van der Waals surface area contributed by atoms with Crippen LogP contribution in [-0.4, -0.2) is 62.8 Å². The fourth-order valence-corrected chi connectivity index (χ4v) is 4.09. The maximum absolute atomic E-state index is 13.3. The Morgan fingerprint density at radius 2 is 1.80 bits per heavy atom. The third-order valence-electron chi connectivity index (χ3n) is 5.71. The predicted molar refractivity (Wildman–Crippen MR) is 132 cm³/mol. The Hall–Kier alpha value is -3.52. The summed E-state index contributed by atoms with van der Waals surface area (Å²) in [6, 6.07) is 11.2. The molecule has 0 aromatic heterocycles. The second-order valence-corrected chi connectivity index (χ2v) is 8.65. The van der Waals surface area contributed by atoms with Crippen LogP contribution >= 0.6 is 0 Å². The number of aliphatic hydroxyl groups excluding tert-OH is 1. The molecule has 2 aromatic carbocycles. The van der Waals surface area contributed by atoms with E-state index >= 15 is 0 Å². The Bertz CT molecular complexity index is 1090. The largest absolute Gasteiger partial charge is 0.507 e. The van der Waals surface area contributed by atoms with Gasteiger partial charge >= 0.3 is 0 Å². The highest BCUT2D eigenvalue weighted by atomic mass is 16.5. The van der Waals surface area contributed by atoms with Gasteiger partial charge < -0.3 is 29.0 Å². The number of rotatable bonds is 11. The van der Waals surface area contributed by atoms with Crippen molar-refractivity contribution in [2.24, 2.45) is 5.92 Å². The zero-order valence-corrected chi connectivity index (χ0v) is 20.9. The number of hydrogen-bond acceptors (Lipinski definition) is 7. The van der Waals surface area contributed by atoms with Crippen molar-refractivity contribution in [1.82, 2.24) is 4.90 Å². The SMILES string of the molecule is COCCCN1C(=O)C(=O)/C(=C(/O)c2cccc(OCC(C)C)c2)C1c1cccc(OC)c1OC. The van der Waals surface area contributed by atoms with Gasteiger partial charge in [0.2, 0.25) is 0 Å². The lowest BCUT2D eigenvalue weighted by Crippen LogP contribution is -2.31. The van der Waals surface area contributed by atoms with Gasteiger partial charge in [0.05, 0.1) is 32.4 Å². The first-order valence-corrected chi connectivity index (χ1v) is 11.6. The number of para-hydroxylation sites is 1. The number of amides is 1. The second-order valence-electron chi connectivity index (χ2n) is 8.65. The van der Waals surface area contributed by atoms with Gasteiger partial charge in [0.1, 0.15) is 11.5 Å². The molecule has 8 nitrogen and oxygen atoms in total. The molecule has 1 saturated heterocycles. The van der Waals surface area contributed by atoms with E-state index in [0.717, 1.165) is 0 Å². The number of aliphatic hydroxyl groups is 1. The highest BCUT2D eigenvalue weighted by molar-refractivity contribution is 6.46. The summed E-state index contributed by atoms with van der Waals surface area (Å²) in [5, 5.41) is 11.3. The highest BCUT2D eigenvalue weighted by Gasteiger charge is 2.47. The zero-order valence-electron chi connectivity index (χ0n) is 20.9. The summed E-state index contributed by atoms with van der Waals surface area (Å²) in [5.41, 5.74) is 0.908. The van der Waals surface area contributed by atoms with Crippen LogP contribution in [0.15, 0.2) is 48.0 Å². The molecular formula is C27H33NO7. The minimum Gasteiger partial charge on any atom is -0.507 e. The van der Waals surface area contributed by atoms with E-state index in [0.29, 0.717) is 53.9 Å². The van der Waals surface area contributed by atoms with Crippen molar-refractivity contribution in [1.29, 1.82) is 0 Å². The quantitative estimate of drug-likeness (QED) is 0.222. The van der Waals surface area contributed by atoms with E-state index in [1.54, 1.807) is 49.6 Å². The number of likely N-dealkylation sites (tertiary alicyclic amines) is 1. The molecule has 35 heavy (non-hydrogen) atoms. The summed E-state index contributed by atoms with van der Waals surface area (Å²) in [7, 11) is 4.58. The monoisotopic (exact) mass is 483 g/mol. The molecule has 0 spiro atoms. The zero-order chi connectivity index (χ0) is 25.5. The summed E-state index contributed by atoms with van der Waals surface area (Å²) in [5.74, 6) is 0.00315. The van der Waals surface area contributed by atoms with Crippen LogP contribution in [-0.2, 0) is 14.3 Å². The number of nitrogens with zero attached hydrogens (tertiary/aromatic N) is 1. The van der Waals surface area contributed by atoms with Crippen LogP contribution in [0.2, 0.25) is 0 Å². The fourth-order valence-electron chi connectivity index (χ4n) is 4.09. The van der Waals surface area contributed by atoms with Crippen molar-refractivity contribution in [2.45, 2.75) is 26.3 Å². The average Bonchev–Trinajstić information content (AvgIpc) is 3.11. The van der Waals surface area contributed by atoms with E-state index in [1.807, 2.05) is 13.8 Å². The molecule has 2 aromatic rings. The fraction of sp³-hybridized carbons (Fsp3) is 0.407. The normalized spacial score (nSPS) is 17.2. The van der Waals surface area contributed by atoms with Crippen molar-refractivity contribution in [3.05, 3.63) is 59.2 Å². The van der Waals surface area contributed by atoms with E-state index in [1.165, 1.54) is 19.1 Å². The van der Waals surface area contributed by atoms with Gasteiger partial charge in [0.15, 0.2) is 11.5 Å². The predicted octanol–water partition coefficient (Wildman–Crippen LogP) is 4.20. The molecule has 1 N–H and O–H groups in total. The molecule has 1 amide bonds. The average molecular weight is 484 g/mol. The van der Waals surface area contributed by atoms with Gasteiger partial charge in [-0.25, -0.2) is 0 Å². The van der Waals surface area contributed by atoms with Gasteiger partial charge in [0.25, 0.3) is 11.7 Å². The molecule has 1 fully saturated rings. The van der Waals surface area contributed by atoms with Crippen LogP contribution in [0.1, 0.15) is 37.4 Å². The molecule has 0 bridgehead atoms. The minimum absolute atomic E-state index is 0.0139. The standard InChI is InChI=1S/C27H33NO7/c1-17(2)16-35-19-10-6-9-18(15-19)24(29)22-23(20-11-7-12-21(33-4)26(20)34-5)28(13-8-14-32-3)27(31)25(22)30/h6-7,9-12,15,17,23,29H,8,13-14,16H2,1-5H3/b24-22+.